The summed E-state index contributed by atoms with van der Waals surface area (Å²) in [6.07, 6.45) is 1.31. The van der Waals surface area contributed by atoms with Crippen molar-refractivity contribution in [2.75, 3.05) is 19.9 Å². The molecule has 19 heavy (non-hydrogen) atoms. The molecule has 1 rings (SSSR count). The fraction of sp³-hybridized carbons (Fsp3) is 0.462. The number of hydrogen-bond donors (Lipinski definition) is 0. The molecule has 1 aromatic carbocycles. The number of amides is 1. The molecule has 0 aromatic heterocycles. The molecular weight excluding hydrogens is 266 g/mol. The largest absolute Gasteiger partial charge is 0.497 e. The van der Waals surface area contributed by atoms with Gasteiger partial charge in [-0.2, -0.15) is 0 Å². The molecule has 106 valence electrons. The maximum absolute atomic E-state index is 12.1. The van der Waals surface area contributed by atoms with Gasteiger partial charge in [-0.3, -0.25) is 4.79 Å². The Balaban J connectivity index is 2.86. The van der Waals surface area contributed by atoms with Gasteiger partial charge in [0.25, 0.3) is 5.91 Å². The molecule has 1 aromatic rings. The predicted octanol–water partition coefficient (Wildman–Crippen LogP) is 1.90. The lowest BCUT2D eigenvalue weighted by atomic mass is 10.2. The van der Waals surface area contributed by atoms with Gasteiger partial charge in [0.05, 0.1) is 12.9 Å². The molecule has 0 spiro atoms. The molecule has 0 fully saturated rings. The number of methoxy groups -OCH3 is 1. The average Bonchev–Trinajstić information content (AvgIpc) is 2.43. The smallest absolute Gasteiger partial charge is 0.267 e. The van der Waals surface area contributed by atoms with Gasteiger partial charge in [0.1, 0.15) is 5.75 Å². The van der Waals surface area contributed by atoms with E-state index in [9.17, 15) is 13.2 Å². The summed E-state index contributed by atoms with van der Waals surface area (Å²) >= 11 is 0. The van der Waals surface area contributed by atoms with E-state index in [1.165, 1.54) is 14.2 Å². The SMILES string of the molecule is CCCCS(=O)(=O)N(C)C(=O)c1ccc(OC)cc1. The molecule has 0 bridgehead atoms. The lowest BCUT2D eigenvalue weighted by Crippen LogP contribution is -2.34. The quantitative estimate of drug-likeness (QED) is 0.800. The zero-order valence-electron chi connectivity index (χ0n) is 11.4. The number of nitrogens with zero attached hydrogens (tertiary/aromatic N) is 1. The Kier molecular flexibility index (Phi) is 5.35. The molecular formula is C13H19NO4S. The second-order valence-electron chi connectivity index (χ2n) is 4.17. The second-order valence-corrected chi connectivity index (χ2v) is 6.29. The van der Waals surface area contributed by atoms with Crippen LogP contribution in [-0.2, 0) is 10.0 Å². The first-order valence-corrected chi connectivity index (χ1v) is 7.68. The number of benzene rings is 1. The van der Waals surface area contributed by atoms with Crippen LogP contribution in [0.4, 0.5) is 0 Å². The Morgan fingerprint density at radius 3 is 2.32 bits per heavy atom. The Labute approximate surface area is 114 Å². The predicted molar refractivity (Wildman–Crippen MR) is 73.8 cm³/mol. The maximum atomic E-state index is 12.1. The van der Waals surface area contributed by atoms with Crippen molar-refractivity contribution in [3.8, 4) is 5.75 Å². The van der Waals surface area contributed by atoms with Crippen LogP contribution in [0.3, 0.4) is 0 Å². The Morgan fingerprint density at radius 2 is 1.84 bits per heavy atom. The highest BCUT2D eigenvalue weighted by Gasteiger charge is 2.23. The molecule has 1 amide bonds. The summed E-state index contributed by atoms with van der Waals surface area (Å²) in [6.45, 7) is 1.90. The minimum Gasteiger partial charge on any atom is -0.497 e. The fourth-order valence-corrected chi connectivity index (χ4v) is 2.79. The van der Waals surface area contributed by atoms with Crippen molar-refractivity contribution in [1.29, 1.82) is 0 Å². The van der Waals surface area contributed by atoms with E-state index in [4.69, 9.17) is 4.74 Å². The zero-order chi connectivity index (χ0) is 14.5. The van der Waals surface area contributed by atoms with Crippen LogP contribution in [0.25, 0.3) is 0 Å². The van der Waals surface area contributed by atoms with Crippen LogP contribution in [-0.4, -0.2) is 38.5 Å². The molecule has 0 N–H and O–H groups in total. The lowest BCUT2D eigenvalue weighted by molar-refractivity contribution is 0.0883. The van der Waals surface area contributed by atoms with Gasteiger partial charge < -0.3 is 4.74 Å². The van der Waals surface area contributed by atoms with Crippen molar-refractivity contribution in [3.63, 3.8) is 0 Å². The summed E-state index contributed by atoms with van der Waals surface area (Å²) in [6, 6.07) is 6.35. The molecule has 0 saturated carbocycles. The van der Waals surface area contributed by atoms with Gasteiger partial charge in [-0.25, -0.2) is 12.7 Å². The van der Waals surface area contributed by atoms with Crippen molar-refractivity contribution in [1.82, 2.24) is 4.31 Å². The summed E-state index contributed by atoms with van der Waals surface area (Å²) in [4.78, 5) is 12.1. The minimum atomic E-state index is -3.53. The van der Waals surface area contributed by atoms with Crippen LogP contribution < -0.4 is 4.74 Å². The lowest BCUT2D eigenvalue weighted by Gasteiger charge is -2.17. The number of hydrogen-bond acceptors (Lipinski definition) is 4. The third kappa shape index (κ3) is 3.96. The summed E-state index contributed by atoms with van der Waals surface area (Å²) < 4.78 is 29.6. The first-order chi connectivity index (χ1) is 8.92. The van der Waals surface area contributed by atoms with Gasteiger partial charge in [-0.15, -0.1) is 0 Å². The van der Waals surface area contributed by atoms with E-state index in [2.05, 4.69) is 0 Å². The zero-order valence-corrected chi connectivity index (χ0v) is 12.2. The molecule has 0 aliphatic carbocycles. The van der Waals surface area contributed by atoms with Crippen LogP contribution in [0, 0.1) is 0 Å². The van der Waals surface area contributed by atoms with Gasteiger partial charge in [-0.05, 0) is 30.7 Å². The van der Waals surface area contributed by atoms with Gasteiger partial charge >= 0.3 is 0 Å². The van der Waals surface area contributed by atoms with Crippen LogP contribution in [0.15, 0.2) is 24.3 Å². The number of carbonyl (C=O) groups excluding carboxylic acids is 1. The van der Waals surface area contributed by atoms with E-state index < -0.39 is 15.9 Å². The molecule has 0 atom stereocenters. The molecule has 0 heterocycles. The second kappa shape index (κ2) is 6.56. The summed E-state index contributed by atoms with van der Waals surface area (Å²) in [5, 5.41) is 0. The molecule has 5 nitrogen and oxygen atoms in total. The van der Waals surface area contributed by atoms with E-state index in [1.54, 1.807) is 24.3 Å². The highest BCUT2D eigenvalue weighted by Crippen LogP contribution is 2.14. The van der Waals surface area contributed by atoms with Crippen LogP contribution in [0.5, 0.6) is 5.75 Å². The third-order valence-electron chi connectivity index (χ3n) is 2.80. The molecule has 6 heteroatoms. The molecule has 0 aliphatic rings. The number of carbonyl (C=O) groups is 1. The average molecular weight is 285 g/mol. The number of sulfonamides is 1. The standard InChI is InChI=1S/C13H19NO4S/c1-4-5-10-19(16,17)14(2)13(15)11-6-8-12(18-3)9-7-11/h6-9H,4-5,10H2,1-3H3. The minimum absolute atomic E-state index is 0.0120. The van der Waals surface area contributed by atoms with Crippen molar-refractivity contribution < 1.29 is 17.9 Å². The Morgan fingerprint density at radius 1 is 1.26 bits per heavy atom. The van der Waals surface area contributed by atoms with E-state index in [-0.39, 0.29) is 5.75 Å². The number of unbranched alkanes of at least 4 members (excludes halogenated alkanes) is 1. The van der Waals surface area contributed by atoms with Gasteiger partial charge in [0.2, 0.25) is 10.0 Å². The molecule has 0 unspecified atom stereocenters. The van der Waals surface area contributed by atoms with E-state index in [1.807, 2.05) is 6.92 Å². The molecule has 0 radical (unpaired) electrons. The van der Waals surface area contributed by atoms with E-state index >= 15 is 0 Å². The normalized spacial score (nSPS) is 11.1. The topological polar surface area (TPSA) is 63.7 Å². The first-order valence-electron chi connectivity index (χ1n) is 6.07. The molecule has 0 aliphatic heterocycles. The van der Waals surface area contributed by atoms with Crippen LogP contribution >= 0.6 is 0 Å². The van der Waals surface area contributed by atoms with Crippen molar-refractivity contribution in [2.45, 2.75) is 19.8 Å². The third-order valence-corrected chi connectivity index (χ3v) is 4.60. The highest BCUT2D eigenvalue weighted by atomic mass is 32.2. The van der Waals surface area contributed by atoms with Crippen molar-refractivity contribution in [2.24, 2.45) is 0 Å². The number of ether oxygens (including phenoxy) is 1. The van der Waals surface area contributed by atoms with Gasteiger partial charge in [0.15, 0.2) is 0 Å². The van der Waals surface area contributed by atoms with Crippen LogP contribution in [0.2, 0.25) is 0 Å². The summed E-state index contributed by atoms with van der Waals surface area (Å²) in [7, 11) is -0.718. The first kappa shape index (κ1) is 15.5. The van der Waals surface area contributed by atoms with Gasteiger partial charge in [0, 0.05) is 12.6 Å². The van der Waals surface area contributed by atoms with Crippen LogP contribution in [0.1, 0.15) is 30.1 Å². The monoisotopic (exact) mass is 285 g/mol. The summed E-state index contributed by atoms with van der Waals surface area (Å²) in [5.74, 6) is 0.0776. The fourth-order valence-electron chi connectivity index (χ4n) is 1.51. The van der Waals surface area contributed by atoms with Crippen molar-refractivity contribution >= 4 is 15.9 Å². The Bertz CT molecular complexity index is 522. The Hall–Kier alpha value is -1.56. The highest BCUT2D eigenvalue weighted by molar-refractivity contribution is 7.89. The summed E-state index contributed by atoms with van der Waals surface area (Å²) in [5.41, 5.74) is 0.323. The van der Waals surface area contributed by atoms with Gasteiger partial charge in [-0.1, -0.05) is 13.3 Å². The van der Waals surface area contributed by atoms with E-state index in [0.717, 1.165) is 10.7 Å². The van der Waals surface area contributed by atoms with E-state index in [0.29, 0.717) is 17.7 Å². The molecule has 0 saturated heterocycles. The number of rotatable bonds is 6. The maximum Gasteiger partial charge on any atom is 0.267 e. The van der Waals surface area contributed by atoms with Crippen molar-refractivity contribution in [3.05, 3.63) is 29.8 Å².